The van der Waals surface area contributed by atoms with Crippen LogP contribution in [0, 0.1) is 0 Å². The Bertz CT molecular complexity index is 424. The van der Waals surface area contributed by atoms with Gasteiger partial charge in [-0.05, 0) is 27.4 Å². The number of hydrogen-bond donors (Lipinski definition) is 3. The molecule has 18 heavy (non-hydrogen) atoms. The zero-order valence-electron chi connectivity index (χ0n) is 9.60. The molecule has 0 saturated carbocycles. The van der Waals surface area contributed by atoms with Crippen molar-refractivity contribution in [2.75, 3.05) is 13.7 Å². The Kier molecular flexibility index (Phi) is 6.10. The molecule has 0 bridgehead atoms. The molecule has 8 heteroatoms. The quantitative estimate of drug-likeness (QED) is 0.732. The van der Waals surface area contributed by atoms with E-state index in [0.717, 1.165) is 9.35 Å². The van der Waals surface area contributed by atoms with E-state index in [0.29, 0.717) is 6.54 Å². The number of methoxy groups -OCH3 is 1. The second-order valence-corrected chi connectivity index (χ2v) is 5.17. The van der Waals surface area contributed by atoms with Crippen molar-refractivity contribution in [1.82, 2.24) is 10.6 Å². The highest BCUT2D eigenvalue weighted by Gasteiger charge is 2.16. The summed E-state index contributed by atoms with van der Waals surface area (Å²) in [6.07, 6.45) is -1.04. The van der Waals surface area contributed by atoms with E-state index in [-0.39, 0.29) is 6.54 Å². The lowest BCUT2D eigenvalue weighted by Gasteiger charge is -2.12. The second kappa shape index (κ2) is 7.34. The van der Waals surface area contributed by atoms with Gasteiger partial charge in [0, 0.05) is 16.5 Å². The Balaban J connectivity index is 2.30. The molecule has 1 unspecified atom stereocenters. The molecule has 0 aliphatic carbocycles. The van der Waals surface area contributed by atoms with Crippen molar-refractivity contribution in [1.29, 1.82) is 0 Å². The summed E-state index contributed by atoms with van der Waals surface area (Å²) >= 11 is 4.87. The third-order valence-corrected chi connectivity index (χ3v) is 4.03. The molecule has 1 atom stereocenters. The molecule has 0 aliphatic heterocycles. The van der Waals surface area contributed by atoms with Crippen molar-refractivity contribution in [3.8, 4) is 0 Å². The molecule has 6 nitrogen and oxygen atoms in total. The zero-order chi connectivity index (χ0) is 13.5. The van der Waals surface area contributed by atoms with Crippen LogP contribution in [0.25, 0.3) is 0 Å². The summed E-state index contributed by atoms with van der Waals surface area (Å²) in [4.78, 5) is 23.0. The summed E-state index contributed by atoms with van der Waals surface area (Å²) in [5, 5.41) is 15.7. The lowest BCUT2D eigenvalue weighted by molar-refractivity contribution is -0.147. The number of ether oxygens (including phenoxy) is 1. The van der Waals surface area contributed by atoms with Crippen LogP contribution in [0.5, 0.6) is 0 Å². The fourth-order valence-corrected chi connectivity index (χ4v) is 2.56. The predicted molar refractivity (Wildman–Crippen MR) is 70.7 cm³/mol. The summed E-state index contributed by atoms with van der Waals surface area (Å²) in [6, 6.07) is 1.46. The maximum atomic E-state index is 11.4. The predicted octanol–water partition coefficient (Wildman–Crippen LogP) is 1.41. The van der Waals surface area contributed by atoms with E-state index in [2.05, 4.69) is 31.3 Å². The molecule has 1 aromatic rings. The highest BCUT2D eigenvalue weighted by molar-refractivity contribution is 9.10. The molecule has 2 amide bonds. The highest BCUT2D eigenvalue weighted by Crippen LogP contribution is 2.21. The van der Waals surface area contributed by atoms with E-state index < -0.39 is 18.1 Å². The number of carboxylic acids is 1. The van der Waals surface area contributed by atoms with Crippen LogP contribution in [-0.4, -0.2) is 36.9 Å². The first-order valence-corrected chi connectivity index (χ1v) is 6.71. The number of amides is 2. The van der Waals surface area contributed by atoms with Crippen LogP contribution in [0.3, 0.4) is 0 Å². The molecule has 1 rings (SSSR count). The smallest absolute Gasteiger partial charge is 0.334 e. The molecule has 0 aromatic carbocycles. The van der Waals surface area contributed by atoms with Crippen molar-refractivity contribution in [2.45, 2.75) is 12.6 Å². The SMILES string of the molecule is COC(CNC(=O)NCc1sccc1Br)C(=O)O. The minimum absolute atomic E-state index is 0.0801. The zero-order valence-corrected chi connectivity index (χ0v) is 12.0. The number of thiophene rings is 1. The van der Waals surface area contributed by atoms with Gasteiger partial charge in [-0.3, -0.25) is 0 Å². The van der Waals surface area contributed by atoms with Crippen LogP contribution in [0.1, 0.15) is 4.88 Å². The number of carbonyl (C=O) groups is 2. The first kappa shape index (κ1) is 14.9. The van der Waals surface area contributed by atoms with Gasteiger partial charge in [-0.15, -0.1) is 11.3 Å². The van der Waals surface area contributed by atoms with E-state index in [9.17, 15) is 9.59 Å². The first-order chi connectivity index (χ1) is 8.54. The Morgan fingerprint density at radius 1 is 1.56 bits per heavy atom. The number of carbonyl (C=O) groups excluding carboxylic acids is 1. The summed E-state index contributed by atoms with van der Waals surface area (Å²) in [5.74, 6) is -1.11. The Morgan fingerprint density at radius 3 is 2.78 bits per heavy atom. The van der Waals surface area contributed by atoms with E-state index in [1.165, 1.54) is 18.4 Å². The maximum Gasteiger partial charge on any atom is 0.334 e. The van der Waals surface area contributed by atoms with Crippen LogP contribution in [0.4, 0.5) is 4.79 Å². The average molecular weight is 337 g/mol. The Morgan fingerprint density at radius 2 is 2.28 bits per heavy atom. The van der Waals surface area contributed by atoms with Gasteiger partial charge >= 0.3 is 12.0 Å². The summed E-state index contributed by atoms with van der Waals surface area (Å²) in [7, 11) is 1.28. The highest BCUT2D eigenvalue weighted by atomic mass is 79.9. The first-order valence-electron chi connectivity index (χ1n) is 5.03. The van der Waals surface area contributed by atoms with Gasteiger partial charge in [-0.1, -0.05) is 0 Å². The van der Waals surface area contributed by atoms with Gasteiger partial charge in [0.15, 0.2) is 6.10 Å². The van der Waals surface area contributed by atoms with Gasteiger partial charge in [0.05, 0.1) is 13.1 Å². The van der Waals surface area contributed by atoms with Gasteiger partial charge in [0.25, 0.3) is 0 Å². The van der Waals surface area contributed by atoms with Gasteiger partial charge < -0.3 is 20.5 Å². The van der Waals surface area contributed by atoms with Gasteiger partial charge in [0.2, 0.25) is 0 Å². The molecule has 1 aromatic heterocycles. The van der Waals surface area contributed by atoms with Gasteiger partial charge in [-0.25, -0.2) is 9.59 Å². The molecule has 0 radical (unpaired) electrons. The molecule has 3 N–H and O–H groups in total. The molecule has 0 spiro atoms. The van der Waals surface area contributed by atoms with E-state index in [1.807, 2.05) is 11.4 Å². The number of halogens is 1. The lowest BCUT2D eigenvalue weighted by atomic mass is 10.3. The van der Waals surface area contributed by atoms with Gasteiger partial charge in [0.1, 0.15) is 0 Å². The van der Waals surface area contributed by atoms with E-state index in [1.54, 1.807) is 0 Å². The van der Waals surface area contributed by atoms with Gasteiger partial charge in [-0.2, -0.15) is 0 Å². The van der Waals surface area contributed by atoms with Crippen LogP contribution >= 0.6 is 27.3 Å². The van der Waals surface area contributed by atoms with E-state index in [4.69, 9.17) is 5.11 Å². The molecule has 1 heterocycles. The molecular weight excluding hydrogens is 324 g/mol. The Hall–Kier alpha value is -1.12. The minimum Gasteiger partial charge on any atom is -0.479 e. The second-order valence-electron chi connectivity index (χ2n) is 3.32. The molecule has 100 valence electrons. The fraction of sp³-hybridized carbons (Fsp3) is 0.400. The fourth-order valence-electron chi connectivity index (χ4n) is 1.13. The monoisotopic (exact) mass is 336 g/mol. The van der Waals surface area contributed by atoms with Crippen molar-refractivity contribution >= 4 is 39.3 Å². The third-order valence-electron chi connectivity index (χ3n) is 2.11. The molecule has 0 saturated heterocycles. The summed E-state index contributed by atoms with van der Waals surface area (Å²) < 4.78 is 5.62. The van der Waals surface area contributed by atoms with Crippen molar-refractivity contribution in [2.24, 2.45) is 0 Å². The molecule has 0 fully saturated rings. The van der Waals surface area contributed by atoms with Crippen molar-refractivity contribution < 1.29 is 19.4 Å². The van der Waals surface area contributed by atoms with Crippen LogP contribution in [0.2, 0.25) is 0 Å². The van der Waals surface area contributed by atoms with Crippen LogP contribution in [0.15, 0.2) is 15.9 Å². The minimum atomic E-state index is -1.11. The lowest BCUT2D eigenvalue weighted by Crippen LogP contribution is -2.42. The average Bonchev–Trinajstić information content (AvgIpc) is 2.72. The van der Waals surface area contributed by atoms with Crippen molar-refractivity contribution in [3.63, 3.8) is 0 Å². The summed E-state index contributed by atoms with van der Waals surface area (Å²) in [6.45, 7) is 0.304. The number of carboxylic acid groups (broad SMARTS) is 1. The van der Waals surface area contributed by atoms with E-state index >= 15 is 0 Å². The summed E-state index contributed by atoms with van der Waals surface area (Å²) in [5.41, 5.74) is 0. The third kappa shape index (κ3) is 4.63. The van der Waals surface area contributed by atoms with Crippen molar-refractivity contribution in [3.05, 3.63) is 20.8 Å². The Labute approximate surface area is 116 Å². The largest absolute Gasteiger partial charge is 0.479 e. The standard InChI is InChI=1S/C10H13BrN2O4S/c1-17-7(9(14)15)4-12-10(16)13-5-8-6(11)2-3-18-8/h2-3,7H,4-5H2,1H3,(H,14,15)(H2,12,13,16). The molecular formula is C10H13BrN2O4S. The number of nitrogens with one attached hydrogen (secondary N) is 2. The number of aliphatic carboxylic acids is 1. The number of hydrogen-bond acceptors (Lipinski definition) is 4. The number of rotatable bonds is 6. The topological polar surface area (TPSA) is 87.7 Å². The number of urea groups is 1. The molecule has 0 aliphatic rings. The van der Waals surface area contributed by atoms with Crippen LogP contribution < -0.4 is 10.6 Å². The maximum absolute atomic E-state index is 11.4. The normalized spacial score (nSPS) is 11.9. The van der Waals surface area contributed by atoms with Crippen LogP contribution in [-0.2, 0) is 16.1 Å².